The second-order valence-corrected chi connectivity index (χ2v) is 5.24. The highest BCUT2D eigenvalue weighted by Gasteiger charge is 2.34. The summed E-state index contributed by atoms with van der Waals surface area (Å²) in [6.07, 6.45) is 4.43. The van der Waals surface area contributed by atoms with Crippen LogP contribution in [-0.2, 0) is 0 Å². The average Bonchev–Trinajstić information content (AvgIpc) is 2.76. The smallest absolute Gasteiger partial charge is 0.128 e. The van der Waals surface area contributed by atoms with Gasteiger partial charge in [0.1, 0.15) is 5.82 Å². The summed E-state index contributed by atoms with van der Waals surface area (Å²) in [5.41, 5.74) is 6.42. The van der Waals surface area contributed by atoms with Gasteiger partial charge < -0.3 is 10.6 Å². The number of piperazine rings is 1. The normalized spacial score (nSPS) is 29.4. The number of hydrogen-bond acceptors (Lipinski definition) is 4. The van der Waals surface area contributed by atoms with Crippen LogP contribution < -0.4 is 10.6 Å². The van der Waals surface area contributed by atoms with Crippen molar-refractivity contribution in [2.24, 2.45) is 0 Å². The molecule has 2 aliphatic rings. The summed E-state index contributed by atoms with van der Waals surface area (Å²) in [6.45, 7) is 5.83. The molecule has 2 atom stereocenters. The number of anilines is 2. The van der Waals surface area contributed by atoms with E-state index < -0.39 is 0 Å². The van der Waals surface area contributed by atoms with Crippen LogP contribution in [0.5, 0.6) is 0 Å². The van der Waals surface area contributed by atoms with E-state index in [1.54, 1.807) is 6.20 Å². The minimum absolute atomic E-state index is 0.542. The van der Waals surface area contributed by atoms with E-state index in [0.29, 0.717) is 6.04 Å². The van der Waals surface area contributed by atoms with Gasteiger partial charge in [0, 0.05) is 25.2 Å². The van der Waals surface area contributed by atoms with Gasteiger partial charge in [0.05, 0.1) is 11.9 Å². The third-order valence-electron chi connectivity index (χ3n) is 4.00. The zero-order chi connectivity index (χ0) is 11.8. The second kappa shape index (κ2) is 4.18. The highest BCUT2D eigenvalue weighted by molar-refractivity contribution is 5.47. The van der Waals surface area contributed by atoms with Gasteiger partial charge in [0.2, 0.25) is 0 Å². The van der Waals surface area contributed by atoms with Gasteiger partial charge in [-0.3, -0.25) is 4.90 Å². The van der Waals surface area contributed by atoms with Crippen molar-refractivity contribution in [2.45, 2.75) is 31.8 Å². The van der Waals surface area contributed by atoms with Crippen LogP contribution in [0.2, 0.25) is 0 Å². The van der Waals surface area contributed by atoms with Gasteiger partial charge in [0.25, 0.3) is 0 Å². The second-order valence-electron chi connectivity index (χ2n) is 5.24. The molecule has 92 valence electrons. The number of pyridine rings is 1. The molecule has 0 aliphatic carbocycles. The van der Waals surface area contributed by atoms with Crippen LogP contribution in [0.1, 0.15) is 19.8 Å². The molecule has 1 aromatic rings. The fraction of sp³-hybridized carbons (Fsp3) is 0.615. The lowest BCUT2D eigenvalue weighted by Gasteiger charge is -2.43. The number of rotatable bonds is 1. The van der Waals surface area contributed by atoms with Crippen LogP contribution >= 0.6 is 0 Å². The van der Waals surface area contributed by atoms with E-state index in [1.807, 2.05) is 12.1 Å². The molecule has 3 heterocycles. The predicted molar refractivity (Wildman–Crippen MR) is 70.1 cm³/mol. The summed E-state index contributed by atoms with van der Waals surface area (Å²) < 4.78 is 0. The van der Waals surface area contributed by atoms with Crippen molar-refractivity contribution < 1.29 is 0 Å². The summed E-state index contributed by atoms with van der Waals surface area (Å²) in [5.74, 6) is 1.07. The van der Waals surface area contributed by atoms with Gasteiger partial charge in [-0.25, -0.2) is 4.98 Å². The molecule has 0 aromatic carbocycles. The molecule has 2 aliphatic heterocycles. The van der Waals surface area contributed by atoms with E-state index in [0.717, 1.165) is 30.6 Å². The zero-order valence-electron chi connectivity index (χ0n) is 10.3. The first kappa shape index (κ1) is 10.8. The van der Waals surface area contributed by atoms with Crippen molar-refractivity contribution in [3.8, 4) is 0 Å². The summed E-state index contributed by atoms with van der Waals surface area (Å²) in [4.78, 5) is 9.49. The van der Waals surface area contributed by atoms with Gasteiger partial charge in [-0.1, -0.05) is 0 Å². The summed E-state index contributed by atoms with van der Waals surface area (Å²) >= 11 is 0. The molecule has 2 unspecified atom stereocenters. The largest absolute Gasteiger partial charge is 0.397 e. The Bertz CT molecular complexity index is 389. The lowest BCUT2D eigenvalue weighted by atomic mass is 10.1. The van der Waals surface area contributed by atoms with E-state index in [1.165, 1.54) is 19.4 Å². The summed E-state index contributed by atoms with van der Waals surface area (Å²) in [7, 11) is 0. The molecule has 1 aromatic heterocycles. The SMILES string of the molecule is CC1CN2CCCC2CN1c1ccc(N)cn1. The third-order valence-corrected chi connectivity index (χ3v) is 4.00. The third kappa shape index (κ3) is 1.97. The van der Waals surface area contributed by atoms with E-state index in [-0.39, 0.29) is 0 Å². The molecule has 0 bridgehead atoms. The lowest BCUT2D eigenvalue weighted by molar-refractivity contribution is 0.202. The molecule has 0 radical (unpaired) electrons. The maximum absolute atomic E-state index is 5.69. The van der Waals surface area contributed by atoms with Crippen molar-refractivity contribution >= 4 is 11.5 Å². The monoisotopic (exact) mass is 232 g/mol. The van der Waals surface area contributed by atoms with E-state index in [4.69, 9.17) is 5.73 Å². The van der Waals surface area contributed by atoms with E-state index >= 15 is 0 Å². The maximum atomic E-state index is 5.69. The number of nitrogens with two attached hydrogens (primary N) is 1. The van der Waals surface area contributed by atoms with Crippen LogP contribution in [0.15, 0.2) is 18.3 Å². The van der Waals surface area contributed by atoms with E-state index in [2.05, 4.69) is 21.7 Å². The lowest BCUT2D eigenvalue weighted by Crippen LogP contribution is -2.55. The molecule has 4 nitrogen and oxygen atoms in total. The van der Waals surface area contributed by atoms with Gasteiger partial charge >= 0.3 is 0 Å². The van der Waals surface area contributed by atoms with Crippen molar-refractivity contribution in [3.63, 3.8) is 0 Å². The molecule has 4 heteroatoms. The molecule has 17 heavy (non-hydrogen) atoms. The molecule has 2 fully saturated rings. The Hall–Kier alpha value is -1.29. The number of aromatic nitrogens is 1. The molecular formula is C13H20N4. The average molecular weight is 232 g/mol. The van der Waals surface area contributed by atoms with E-state index in [9.17, 15) is 0 Å². The van der Waals surface area contributed by atoms with Gasteiger partial charge in [0.15, 0.2) is 0 Å². The van der Waals surface area contributed by atoms with Crippen LogP contribution in [0.3, 0.4) is 0 Å². The minimum Gasteiger partial charge on any atom is -0.397 e. The Kier molecular flexibility index (Phi) is 2.67. The van der Waals surface area contributed by atoms with Crippen LogP contribution in [0, 0.1) is 0 Å². The topological polar surface area (TPSA) is 45.4 Å². The van der Waals surface area contributed by atoms with Crippen molar-refractivity contribution in [1.29, 1.82) is 0 Å². The van der Waals surface area contributed by atoms with Crippen molar-refractivity contribution in [1.82, 2.24) is 9.88 Å². The number of hydrogen-bond donors (Lipinski definition) is 1. The predicted octanol–water partition coefficient (Wildman–Crippen LogP) is 1.34. The maximum Gasteiger partial charge on any atom is 0.128 e. The standard InChI is InChI=1S/C13H20N4/c1-10-8-16-6-2-3-12(16)9-17(10)13-5-4-11(14)7-15-13/h4-5,7,10,12H,2-3,6,8-9,14H2,1H3. The van der Waals surface area contributed by atoms with Gasteiger partial charge in [-0.05, 0) is 38.4 Å². The van der Waals surface area contributed by atoms with Crippen LogP contribution in [-0.4, -0.2) is 41.6 Å². The van der Waals surface area contributed by atoms with Gasteiger partial charge in [-0.2, -0.15) is 0 Å². The highest BCUT2D eigenvalue weighted by atomic mass is 15.3. The van der Waals surface area contributed by atoms with Crippen LogP contribution in [0.4, 0.5) is 11.5 Å². The molecule has 0 saturated carbocycles. The molecule has 2 saturated heterocycles. The minimum atomic E-state index is 0.542. The Labute approximate surface area is 102 Å². The fourth-order valence-corrected chi connectivity index (χ4v) is 3.07. The Balaban J connectivity index is 1.80. The first-order chi connectivity index (χ1) is 8.24. The zero-order valence-corrected chi connectivity index (χ0v) is 10.3. The Morgan fingerprint density at radius 2 is 2.24 bits per heavy atom. The fourth-order valence-electron chi connectivity index (χ4n) is 3.07. The summed E-state index contributed by atoms with van der Waals surface area (Å²) in [6, 6.07) is 5.25. The first-order valence-corrected chi connectivity index (χ1v) is 6.46. The Morgan fingerprint density at radius 1 is 1.35 bits per heavy atom. The number of fused-ring (bicyclic) bond motifs is 1. The molecular weight excluding hydrogens is 212 g/mol. The molecule has 0 amide bonds. The van der Waals surface area contributed by atoms with Crippen LogP contribution in [0.25, 0.3) is 0 Å². The molecule has 2 N–H and O–H groups in total. The number of nitrogens with zero attached hydrogens (tertiary/aromatic N) is 3. The summed E-state index contributed by atoms with van der Waals surface area (Å²) in [5, 5.41) is 0. The quantitative estimate of drug-likeness (QED) is 0.793. The molecule has 3 rings (SSSR count). The Morgan fingerprint density at radius 3 is 3.00 bits per heavy atom. The number of nitrogen functional groups attached to an aromatic ring is 1. The van der Waals surface area contributed by atoms with Crippen molar-refractivity contribution in [3.05, 3.63) is 18.3 Å². The highest BCUT2D eigenvalue weighted by Crippen LogP contribution is 2.27. The first-order valence-electron chi connectivity index (χ1n) is 6.46. The van der Waals surface area contributed by atoms with Gasteiger partial charge in [-0.15, -0.1) is 0 Å². The molecule has 0 spiro atoms. The van der Waals surface area contributed by atoms with Crippen molar-refractivity contribution in [2.75, 3.05) is 30.3 Å².